The first-order chi connectivity index (χ1) is 20.2. The SMILES string of the molecule is C[C@@H](COc1ccnc2c1[C@@H](C)CC[C@@H]2O)C[C@H]1Cc2ccccc2C12CCC(Nc1cccc(Cl)c1)(C(=O)O)CC2. The number of pyridine rings is 1. The quantitative estimate of drug-likeness (QED) is 0.250. The van der Waals surface area contributed by atoms with Crippen molar-refractivity contribution < 1.29 is 19.7 Å². The summed E-state index contributed by atoms with van der Waals surface area (Å²) in [6, 6.07) is 18.0. The maximum Gasteiger partial charge on any atom is 0.329 e. The lowest BCUT2D eigenvalue weighted by Crippen LogP contribution is -2.53. The molecule has 222 valence electrons. The molecule has 0 unspecified atom stereocenters. The number of aliphatic carboxylic acids is 1. The zero-order valence-corrected chi connectivity index (χ0v) is 25.2. The van der Waals surface area contributed by atoms with Crippen LogP contribution in [-0.4, -0.2) is 33.3 Å². The number of benzene rings is 2. The molecule has 3 aliphatic carbocycles. The first-order valence-electron chi connectivity index (χ1n) is 15.4. The molecule has 3 N–H and O–H groups in total. The second-order valence-corrected chi connectivity index (χ2v) is 13.4. The number of carboxylic acids is 1. The maximum atomic E-state index is 12.7. The number of nitrogens with one attached hydrogen (secondary N) is 1. The van der Waals surface area contributed by atoms with E-state index < -0.39 is 17.6 Å². The Bertz CT molecular complexity index is 1450. The summed E-state index contributed by atoms with van der Waals surface area (Å²) < 4.78 is 6.44. The summed E-state index contributed by atoms with van der Waals surface area (Å²) in [5.74, 6) is 1.08. The fourth-order valence-electron chi connectivity index (χ4n) is 8.04. The molecule has 2 aromatic carbocycles. The van der Waals surface area contributed by atoms with E-state index >= 15 is 0 Å². The van der Waals surface area contributed by atoms with E-state index in [0.717, 1.165) is 61.2 Å². The molecule has 0 saturated heterocycles. The average Bonchev–Trinajstić information content (AvgIpc) is 3.27. The van der Waals surface area contributed by atoms with Crippen LogP contribution in [0.1, 0.15) is 93.2 Å². The minimum atomic E-state index is -1.02. The fraction of sp³-hybridized carbons (Fsp3) is 0.486. The first kappa shape index (κ1) is 29.0. The number of halogens is 1. The predicted molar refractivity (Wildman–Crippen MR) is 165 cm³/mol. The highest BCUT2D eigenvalue weighted by molar-refractivity contribution is 6.30. The maximum absolute atomic E-state index is 12.7. The van der Waals surface area contributed by atoms with Gasteiger partial charge in [-0.05, 0) is 110 Å². The third-order valence-corrected chi connectivity index (χ3v) is 10.5. The standard InChI is InChI=1S/C35H41ClN2O4/c1-22(21-42-30-12-17-37-32-29(39)11-10-23(2)31(30)32)18-25-19-24-6-3-4-9-28(24)34(25)13-15-35(16-14-34,33(40)41)38-27-8-5-7-26(36)20-27/h3-9,12,17,20,22-23,25,29,38-39H,10-11,13-16,18-19,21H2,1-2H3,(H,40,41)/t22-,23+,25+,29+,34?,35?/m1/s1. The topological polar surface area (TPSA) is 91.7 Å². The van der Waals surface area contributed by atoms with Gasteiger partial charge in [0, 0.05) is 22.5 Å². The van der Waals surface area contributed by atoms with Crippen LogP contribution < -0.4 is 10.1 Å². The lowest BCUT2D eigenvalue weighted by atomic mass is 9.59. The van der Waals surface area contributed by atoms with Crippen LogP contribution in [-0.2, 0) is 16.6 Å². The highest BCUT2D eigenvalue weighted by Gasteiger charge is 2.54. The number of aliphatic hydroxyl groups is 1. The number of aromatic nitrogens is 1. The number of anilines is 1. The smallest absolute Gasteiger partial charge is 0.329 e. The second-order valence-electron chi connectivity index (χ2n) is 13.0. The number of nitrogens with zero attached hydrogens (tertiary/aromatic N) is 1. The molecule has 1 aromatic heterocycles. The van der Waals surface area contributed by atoms with Gasteiger partial charge in [0.15, 0.2) is 0 Å². The molecule has 0 bridgehead atoms. The summed E-state index contributed by atoms with van der Waals surface area (Å²) in [5, 5.41) is 24.9. The van der Waals surface area contributed by atoms with Crippen LogP contribution in [0.15, 0.2) is 60.8 Å². The summed E-state index contributed by atoms with van der Waals surface area (Å²) in [6.45, 7) is 5.04. The molecule has 6 nitrogen and oxygen atoms in total. The van der Waals surface area contributed by atoms with Gasteiger partial charge in [-0.3, -0.25) is 4.98 Å². The summed E-state index contributed by atoms with van der Waals surface area (Å²) in [6.07, 6.45) is 7.63. The summed E-state index contributed by atoms with van der Waals surface area (Å²) in [4.78, 5) is 17.2. The van der Waals surface area contributed by atoms with Crippen LogP contribution in [0.4, 0.5) is 5.69 Å². The summed E-state index contributed by atoms with van der Waals surface area (Å²) >= 11 is 6.21. The van der Waals surface area contributed by atoms with Gasteiger partial charge in [-0.1, -0.05) is 55.8 Å². The Morgan fingerprint density at radius 3 is 2.67 bits per heavy atom. The van der Waals surface area contributed by atoms with Crippen LogP contribution in [0.5, 0.6) is 5.75 Å². The number of hydrogen-bond donors (Lipinski definition) is 3. The molecule has 4 atom stereocenters. The highest BCUT2D eigenvalue weighted by Crippen LogP contribution is 2.56. The Morgan fingerprint density at radius 2 is 1.90 bits per heavy atom. The Hall–Kier alpha value is -3.09. The normalized spacial score (nSPS) is 29.0. The molecule has 42 heavy (non-hydrogen) atoms. The van der Waals surface area contributed by atoms with Crippen molar-refractivity contribution in [2.24, 2.45) is 11.8 Å². The van der Waals surface area contributed by atoms with E-state index in [1.165, 1.54) is 11.1 Å². The Kier molecular flexibility index (Phi) is 7.97. The summed E-state index contributed by atoms with van der Waals surface area (Å²) in [5.41, 5.74) is 4.29. The van der Waals surface area contributed by atoms with Crippen molar-refractivity contribution in [2.45, 2.75) is 88.2 Å². The molecule has 1 saturated carbocycles. The molecule has 3 aliphatic rings. The number of carboxylic acid groups (broad SMARTS) is 1. The van der Waals surface area contributed by atoms with Gasteiger partial charge in [-0.2, -0.15) is 0 Å². The second kappa shape index (κ2) is 11.5. The van der Waals surface area contributed by atoms with E-state index in [4.69, 9.17) is 16.3 Å². The molecular formula is C35H41ClN2O4. The van der Waals surface area contributed by atoms with Crippen molar-refractivity contribution >= 4 is 23.3 Å². The first-order valence-corrected chi connectivity index (χ1v) is 15.7. The minimum absolute atomic E-state index is 0.0473. The Morgan fingerprint density at radius 1 is 1.12 bits per heavy atom. The molecule has 7 heteroatoms. The average molecular weight is 589 g/mol. The molecule has 1 fully saturated rings. The van der Waals surface area contributed by atoms with E-state index in [-0.39, 0.29) is 5.41 Å². The third-order valence-electron chi connectivity index (χ3n) is 10.3. The number of carbonyl (C=O) groups is 1. The number of hydrogen-bond acceptors (Lipinski definition) is 5. The van der Waals surface area contributed by atoms with Gasteiger partial charge in [-0.15, -0.1) is 0 Å². The molecule has 1 heterocycles. The highest BCUT2D eigenvalue weighted by atomic mass is 35.5. The monoisotopic (exact) mass is 588 g/mol. The van der Waals surface area contributed by atoms with Gasteiger partial charge in [0.2, 0.25) is 0 Å². The van der Waals surface area contributed by atoms with Crippen molar-refractivity contribution in [3.63, 3.8) is 0 Å². The molecule has 0 radical (unpaired) electrons. The zero-order valence-electron chi connectivity index (χ0n) is 24.5. The van der Waals surface area contributed by atoms with Crippen LogP contribution in [0.25, 0.3) is 0 Å². The van der Waals surface area contributed by atoms with Gasteiger partial charge in [0.25, 0.3) is 0 Å². The minimum Gasteiger partial charge on any atom is -0.493 e. The van der Waals surface area contributed by atoms with Crippen molar-refractivity contribution in [2.75, 3.05) is 11.9 Å². The Balaban J connectivity index is 1.19. The van der Waals surface area contributed by atoms with Gasteiger partial charge in [0.1, 0.15) is 11.3 Å². The van der Waals surface area contributed by atoms with E-state index in [1.807, 2.05) is 18.2 Å². The number of rotatable bonds is 8. The van der Waals surface area contributed by atoms with Crippen molar-refractivity contribution in [1.29, 1.82) is 0 Å². The third kappa shape index (κ3) is 5.28. The molecular weight excluding hydrogens is 548 g/mol. The van der Waals surface area contributed by atoms with Crippen LogP contribution in [0.2, 0.25) is 5.02 Å². The molecule has 0 aliphatic heterocycles. The van der Waals surface area contributed by atoms with Crippen molar-refractivity contribution in [1.82, 2.24) is 4.98 Å². The van der Waals surface area contributed by atoms with Crippen LogP contribution >= 0.6 is 11.6 Å². The number of aliphatic hydroxyl groups excluding tert-OH is 1. The molecule has 3 aromatic rings. The van der Waals surface area contributed by atoms with Crippen LogP contribution in [0.3, 0.4) is 0 Å². The predicted octanol–water partition coefficient (Wildman–Crippen LogP) is 7.69. The van der Waals surface area contributed by atoms with Gasteiger partial charge in [0.05, 0.1) is 18.4 Å². The van der Waals surface area contributed by atoms with E-state index in [1.54, 1.807) is 18.3 Å². The summed E-state index contributed by atoms with van der Waals surface area (Å²) in [7, 11) is 0. The number of fused-ring (bicyclic) bond motifs is 3. The molecule has 6 rings (SSSR count). The Labute approximate surface area is 253 Å². The van der Waals surface area contributed by atoms with E-state index in [2.05, 4.69) is 48.4 Å². The molecule has 1 spiro atoms. The van der Waals surface area contributed by atoms with Gasteiger partial charge in [-0.25, -0.2) is 4.79 Å². The zero-order chi connectivity index (χ0) is 29.5. The fourth-order valence-corrected chi connectivity index (χ4v) is 8.23. The van der Waals surface area contributed by atoms with E-state index in [0.29, 0.717) is 42.2 Å². The van der Waals surface area contributed by atoms with Crippen molar-refractivity contribution in [3.8, 4) is 5.75 Å². The lowest BCUT2D eigenvalue weighted by molar-refractivity contribution is -0.144. The number of ether oxygens (including phenoxy) is 1. The van der Waals surface area contributed by atoms with Crippen LogP contribution in [0, 0.1) is 11.8 Å². The molecule has 0 amide bonds. The van der Waals surface area contributed by atoms with Crippen molar-refractivity contribution in [3.05, 3.63) is 88.2 Å². The lowest BCUT2D eigenvalue weighted by Gasteiger charge is -2.47. The van der Waals surface area contributed by atoms with Gasteiger partial charge >= 0.3 is 5.97 Å². The van der Waals surface area contributed by atoms with Gasteiger partial charge < -0.3 is 20.3 Å². The largest absolute Gasteiger partial charge is 0.493 e. The van der Waals surface area contributed by atoms with E-state index in [9.17, 15) is 15.0 Å².